The highest BCUT2D eigenvalue weighted by Crippen LogP contribution is 2.29. The lowest BCUT2D eigenvalue weighted by Crippen LogP contribution is -2.61. The summed E-state index contributed by atoms with van der Waals surface area (Å²) in [6.07, 6.45) is -2.70. The van der Waals surface area contributed by atoms with Gasteiger partial charge >= 0.3 is 0 Å². The lowest BCUT2D eigenvalue weighted by molar-refractivity contribution is -0.315. The Morgan fingerprint density at radius 2 is 1.29 bits per heavy atom. The Balaban J connectivity index is 1.77. The van der Waals surface area contributed by atoms with Crippen LogP contribution in [0.4, 0.5) is 0 Å². The van der Waals surface area contributed by atoms with Crippen molar-refractivity contribution < 1.29 is 28.8 Å². The largest absolute Gasteiger partial charge is 0.394 e. The first-order valence-electron chi connectivity index (χ1n) is 9.39. The average molecular weight is 388 g/mol. The summed E-state index contributed by atoms with van der Waals surface area (Å²) in [6.45, 7) is 0.566. The Hall–Kier alpha value is -1.80. The van der Waals surface area contributed by atoms with E-state index in [9.17, 15) is 5.11 Å². The minimum Gasteiger partial charge on any atom is -0.394 e. The second kappa shape index (κ2) is 10.7. The molecule has 0 unspecified atom stereocenters. The molecule has 0 bridgehead atoms. The molecule has 0 aliphatic carbocycles. The standard InChI is InChI=1S/C22H28O6/c1-24-21-20(27-15-17-11-7-4-8-12-17)19(18(13-23)28-22(21)25-2)26-14-16-9-5-3-6-10-16/h3-12,18-23H,13-15H2,1-2H3/t18-,19-,20+,21-,22+/m1/s1. The summed E-state index contributed by atoms with van der Waals surface area (Å²) >= 11 is 0. The summed E-state index contributed by atoms with van der Waals surface area (Å²) in [7, 11) is 3.14. The zero-order valence-corrected chi connectivity index (χ0v) is 16.3. The van der Waals surface area contributed by atoms with Crippen LogP contribution in [0.3, 0.4) is 0 Å². The van der Waals surface area contributed by atoms with E-state index in [0.717, 1.165) is 11.1 Å². The van der Waals surface area contributed by atoms with E-state index in [1.807, 2.05) is 60.7 Å². The van der Waals surface area contributed by atoms with E-state index in [-0.39, 0.29) is 6.61 Å². The van der Waals surface area contributed by atoms with E-state index in [1.165, 1.54) is 0 Å². The number of aliphatic hydroxyl groups excluding tert-OH is 1. The molecule has 1 fully saturated rings. The van der Waals surface area contributed by atoms with Crippen molar-refractivity contribution in [2.45, 2.75) is 43.9 Å². The Labute approximate surface area is 165 Å². The van der Waals surface area contributed by atoms with Crippen molar-refractivity contribution in [3.63, 3.8) is 0 Å². The number of ether oxygens (including phenoxy) is 5. The minimum absolute atomic E-state index is 0.207. The topological polar surface area (TPSA) is 66.4 Å². The maximum atomic E-state index is 9.88. The van der Waals surface area contributed by atoms with Gasteiger partial charge in [-0.2, -0.15) is 0 Å². The van der Waals surface area contributed by atoms with E-state index >= 15 is 0 Å². The van der Waals surface area contributed by atoms with Crippen LogP contribution >= 0.6 is 0 Å². The van der Waals surface area contributed by atoms with Gasteiger partial charge in [0.25, 0.3) is 0 Å². The molecular weight excluding hydrogens is 360 g/mol. The molecule has 3 rings (SSSR count). The SMILES string of the molecule is CO[C@H]1O[C@H](CO)[C@@H](OCc2ccccc2)[C@H](OCc2ccccc2)[C@H]1OC. The van der Waals surface area contributed by atoms with Crippen LogP contribution in [0.15, 0.2) is 60.7 Å². The highest BCUT2D eigenvalue weighted by atomic mass is 16.7. The molecule has 152 valence electrons. The van der Waals surface area contributed by atoms with E-state index in [4.69, 9.17) is 23.7 Å². The summed E-state index contributed by atoms with van der Waals surface area (Å²) in [6, 6.07) is 19.7. The zero-order valence-electron chi connectivity index (χ0n) is 16.3. The zero-order chi connectivity index (χ0) is 19.8. The Kier molecular flexibility index (Phi) is 7.97. The van der Waals surface area contributed by atoms with Gasteiger partial charge in [0.2, 0.25) is 0 Å². The van der Waals surface area contributed by atoms with Gasteiger partial charge in [-0.15, -0.1) is 0 Å². The van der Waals surface area contributed by atoms with Gasteiger partial charge in [0.1, 0.15) is 24.4 Å². The normalized spacial score (nSPS) is 27.6. The second-order valence-corrected chi connectivity index (χ2v) is 6.68. The molecule has 28 heavy (non-hydrogen) atoms. The predicted molar refractivity (Wildman–Crippen MR) is 104 cm³/mol. The van der Waals surface area contributed by atoms with Crippen molar-refractivity contribution in [1.82, 2.24) is 0 Å². The predicted octanol–water partition coefficient (Wildman–Crippen LogP) is 2.54. The van der Waals surface area contributed by atoms with Crippen molar-refractivity contribution in [2.24, 2.45) is 0 Å². The third-order valence-corrected chi connectivity index (χ3v) is 4.85. The van der Waals surface area contributed by atoms with Crippen molar-refractivity contribution >= 4 is 0 Å². The second-order valence-electron chi connectivity index (χ2n) is 6.68. The molecular formula is C22H28O6. The molecule has 1 N–H and O–H groups in total. The van der Waals surface area contributed by atoms with Gasteiger partial charge in [-0.1, -0.05) is 60.7 Å². The van der Waals surface area contributed by atoms with Gasteiger partial charge in [-0.25, -0.2) is 0 Å². The number of rotatable bonds is 9. The van der Waals surface area contributed by atoms with E-state index in [1.54, 1.807) is 14.2 Å². The minimum atomic E-state index is -0.653. The lowest BCUT2D eigenvalue weighted by Gasteiger charge is -2.44. The molecule has 0 aromatic heterocycles. The van der Waals surface area contributed by atoms with Crippen LogP contribution in [0.1, 0.15) is 11.1 Å². The van der Waals surface area contributed by atoms with Crippen LogP contribution in [0.25, 0.3) is 0 Å². The highest BCUT2D eigenvalue weighted by molar-refractivity contribution is 5.14. The molecule has 0 amide bonds. The average Bonchev–Trinajstić information content (AvgIpc) is 2.76. The van der Waals surface area contributed by atoms with Gasteiger partial charge in [-0.3, -0.25) is 0 Å². The molecule has 0 radical (unpaired) electrons. The molecule has 6 nitrogen and oxygen atoms in total. The fourth-order valence-electron chi connectivity index (χ4n) is 3.39. The van der Waals surface area contributed by atoms with Crippen molar-refractivity contribution in [2.75, 3.05) is 20.8 Å². The number of aliphatic hydroxyl groups is 1. The van der Waals surface area contributed by atoms with E-state index < -0.39 is 30.7 Å². The van der Waals surface area contributed by atoms with Crippen molar-refractivity contribution in [3.8, 4) is 0 Å². The molecule has 2 aromatic carbocycles. The molecule has 0 spiro atoms. The van der Waals surface area contributed by atoms with Crippen LogP contribution in [-0.2, 0) is 36.9 Å². The first-order chi connectivity index (χ1) is 13.8. The molecule has 1 heterocycles. The molecule has 0 saturated carbocycles. The summed E-state index contributed by atoms with van der Waals surface area (Å²) in [5.41, 5.74) is 2.07. The van der Waals surface area contributed by atoms with Crippen LogP contribution in [0.2, 0.25) is 0 Å². The van der Waals surface area contributed by atoms with E-state index in [2.05, 4.69) is 0 Å². The van der Waals surface area contributed by atoms with Crippen LogP contribution < -0.4 is 0 Å². The van der Waals surface area contributed by atoms with Crippen molar-refractivity contribution in [1.29, 1.82) is 0 Å². The Morgan fingerprint density at radius 3 is 1.75 bits per heavy atom. The monoisotopic (exact) mass is 388 g/mol. The van der Waals surface area contributed by atoms with Crippen LogP contribution in [0, 0.1) is 0 Å². The van der Waals surface area contributed by atoms with Gasteiger partial charge in [0.15, 0.2) is 6.29 Å². The maximum absolute atomic E-state index is 9.88. The molecule has 2 aromatic rings. The van der Waals surface area contributed by atoms with E-state index in [0.29, 0.717) is 13.2 Å². The van der Waals surface area contributed by atoms with Gasteiger partial charge in [0, 0.05) is 14.2 Å². The first-order valence-corrected chi connectivity index (χ1v) is 9.39. The third-order valence-electron chi connectivity index (χ3n) is 4.85. The number of benzene rings is 2. The lowest BCUT2D eigenvalue weighted by atomic mass is 9.98. The third kappa shape index (κ3) is 5.17. The van der Waals surface area contributed by atoms with Gasteiger partial charge in [-0.05, 0) is 11.1 Å². The molecule has 1 saturated heterocycles. The maximum Gasteiger partial charge on any atom is 0.186 e. The molecule has 1 aliphatic rings. The number of hydrogen-bond donors (Lipinski definition) is 1. The van der Waals surface area contributed by atoms with Crippen LogP contribution in [0.5, 0.6) is 0 Å². The molecule has 5 atom stereocenters. The van der Waals surface area contributed by atoms with Gasteiger partial charge in [0.05, 0.1) is 19.8 Å². The first kappa shape index (κ1) is 20.9. The molecule has 6 heteroatoms. The summed E-state index contributed by atoms with van der Waals surface area (Å²) in [5.74, 6) is 0. The summed E-state index contributed by atoms with van der Waals surface area (Å²) in [5, 5.41) is 9.88. The van der Waals surface area contributed by atoms with Gasteiger partial charge < -0.3 is 28.8 Å². The fraction of sp³-hybridized carbons (Fsp3) is 0.455. The summed E-state index contributed by atoms with van der Waals surface area (Å²) < 4.78 is 29.3. The summed E-state index contributed by atoms with van der Waals surface area (Å²) in [4.78, 5) is 0. The smallest absolute Gasteiger partial charge is 0.186 e. The Bertz CT molecular complexity index is 680. The van der Waals surface area contributed by atoms with Crippen molar-refractivity contribution in [3.05, 3.63) is 71.8 Å². The Morgan fingerprint density at radius 1 is 0.750 bits per heavy atom. The number of hydrogen-bond acceptors (Lipinski definition) is 6. The number of methoxy groups -OCH3 is 2. The fourth-order valence-corrected chi connectivity index (χ4v) is 3.39. The quantitative estimate of drug-likeness (QED) is 0.712. The van der Waals surface area contributed by atoms with Crippen LogP contribution in [-0.4, -0.2) is 56.6 Å². The molecule has 1 aliphatic heterocycles. The highest BCUT2D eigenvalue weighted by Gasteiger charge is 2.48.